The number of ether oxygens (including phenoxy) is 3. The maximum Gasteiger partial charge on any atom is 0.344 e. The first kappa shape index (κ1) is 35.1. The zero-order valence-corrected chi connectivity index (χ0v) is 28.5. The molecule has 1 fully saturated rings. The summed E-state index contributed by atoms with van der Waals surface area (Å²) < 4.78 is 18.2. The Labute approximate surface area is 283 Å². The molecule has 2 N–H and O–H groups in total. The van der Waals surface area contributed by atoms with Crippen molar-refractivity contribution in [2.24, 2.45) is 0 Å². The van der Waals surface area contributed by atoms with Crippen molar-refractivity contribution in [3.63, 3.8) is 0 Å². The SMILES string of the molecule is CCOC(=O)COc1ccc(CN(CCCCn2c(CCOC)nc3c(N)nc4ccccc4c32)C(=O)CCCN2CCCCC2)cc1. The minimum absolute atomic E-state index is 0.132. The molecule has 11 heteroatoms. The lowest BCUT2D eigenvalue weighted by molar-refractivity contribution is -0.145. The molecule has 0 aliphatic carbocycles. The average molecular weight is 659 g/mol. The summed E-state index contributed by atoms with van der Waals surface area (Å²) in [5.41, 5.74) is 9.96. The average Bonchev–Trinajstić information content (AvgIpc) is 3.48. The number of carbonyl (C=O) groups excluding carboxylic acids is 2. The number of methoxy groups -OCH3 is 1. The maximum absolute atomic E-state index is 13.6. The van der Waals surface area contributed by atoms with E-state index in [1.54, 1.807) is 14.0 Å². The van der Waals surface area contributed by atoms with Gasteiger partial charge in [-0.15, -0.1) is 0 Å². The van der Waals surface area contributed by atoms with E-state index in [-0.39, 0.29) is 12.5 Å². The molecule has 0 atom stereocenters. The van der Waals surface area contributed by atoms with Gasteiger partial charge in [0.1, 0.15) is 17.1 Å². The molecule has 258 valence electrons. The molecule has 0 spiro atoms. The van der Waals surface area contributed by atoms with Crippen molar-refractivity contribution < 1.29 is 23.8 Å². The van der Waals surface area contributed by atoms with E-state index in [0.717, 1.165) is 78.8 Å². The molecule has 0 unspecified atom stereocenters. The van der Waals surface area contributed by atoms with E-state index in [1.165, 1.54) is 19.3 Å². The minimum atomic E-state index is -0.397. The first-order chi connectivity index (χ1) is 23.5. The molecule has 1 aliphatic heterocycles. The molecule has 0 saturated carbocycles. The summed E-state index contributed by atoms with van der Waals surface area (Å²) in [6.45, 7) is 7.65. The number of rotatable bonds is 18. The number of fused-ring (bicyclic) bond motifs is 3. The van der Waals surface area contributed by atoms with Crippen LogP contribution in [0, 0.1) is 0 Å². The molecule has 2 aromatic carbocycles. The fourth-order valence-corrected chi connectivity index (χ4v) is 6.45. The number of piperidine rings is 1. The molecule has 2 aromatic heterocycles. The van der Waals surface area contributed by atoms with Gasteiger partial charge >= 0.3 is 5.97 Å². The molecule has 5 rings (SSSR count). The summed E-state index contributed by atoms with van der Waals surface area (Å²) in [6, 6.07) is 15.6. The molecule has 11 nitrogen and oxygen atoms in total. The van der Waals surface area contributed by atoms with E-state index in [2.05, 4.69) is 20.5 Å². The second kappa shape index (κ2) is 17.8. The Morgan fingerprint density at radius 3 is 2.52 bits per heavy atom. The number of hydrogen-bond acceptors (Lipinski definition) is 9. The van der Waals surface area contributed by atoms with Crippen molar-refractivity contribution >= 4 is 39.6 Å². The first-order valence-electron chi connectivity index (χ1n) is 17.4. The van der Waals surface area contributed by atoms with Crippen LogP contribution in [0.25, 0.3) is 21.9 Å². The number of unbranched alkanes of at least 4 members (excludes halogenated alkanes) is 1. The van der Waals surface area contributed by atoms with Crippen LogP contribution in [0.3, 0.4) is 0 Å². The Morgan fingerprint density at radius 1 is 0.958 bits per heavy atom. The van der Waals surface area contributed by atoms with E-state index in [1.807, 2.05) is 47.4 Å². The number of amides is 1. The van der Waals surface area contributed by atoms with Gasteiger partial charge in [-0.25, -0.2) is 14.8 Å². The van der Waals surface area contributed by atoms with Crippen LogP contribution in [-0.2, 0) is 38.6 Å². The third-order valence-electron chi connectivity index (χ3n) is 8.90. The third-order valence-corrected chi connectivity index (χ3v) is 8.90. The number of nitrogens with zero attached hydrogens (tertiary/aromatic N) is 5. The number of imidazole rings is 1. The first-order valence-corrected chi connectivity index (χ1v) is 17.4. The highest BCUT2D eigenvalue weighted by Crippen LogP contribution is 2.29. The number of carbonyl (C=O) groups is 2. The molecular weight excluding hydrogens is 608 g/mol. The summed E-state index contributed by atoms with van der Waals surface area (Å²) in [4.78, 5) is 39.3. The number of aryl methyl sites for hydroxylation is 1. The van der Waals surface area contributed by atoms with Crippen molar-refractivity contribution in [3.05, 3.63) is 59.9 Å². The number of para-hydroxylation sites is 1. The zero-order valence-electron chi connectivity index (χ0n) is 28.5. The van der Waals surface area contributed by atoms with Gasteiger partial charge in [0, 0.05) is 45.0 Å². The number of likely N-dealkylation sites (tertiary alicyclic amines) is 1. The van der Waals surface area contributed by atoms with Crippen molar-refractivity contribution in [2.45, 2.75) is 71.4 Å². The standard InChI is InChI=1S/C37H50N6O5/c1-3-47-34(45)27-48-29-17-15-28(16-18-29)26-42(33(44)14-11-22-41-20-7-4-8-21-41)23-9-10-24-43-32(19-25-46-2)40-35-36(43)30-12-5-6-13-31(30)39-37(35)38/h5-6,12-13,15-18H,3-4,7-11,14,19-27H2,1-2H3,(H2,38,39). The van der Waals surface area contributed by atoms with E-state index in [0.29, 0.717) is 50.7 Å². The van der Waals surface area contributed by atoms with Crippen LogP contribution >= 0.6 is 0 Å². The van der Waals surface area contributed by atoms with Gasteiger partial charge in [-0.2, -0.15) is 0 Å². The molecule has 1 saturated heterocycles. The van der Waals surface area contributed by atoms with Crippen molar-refractivity contribution in [3.8, 4) is 5.75 Å². The molecule has 0 radical (unpaired) electrons. The van der Waals surface area contributed by atoms with Gasteiger partial charge in [0.05, 0.1) is 24.2 Å². The summed E-state index contributed by atoms with van der Waals surface area (Å²) >= 11 is 0. The predicted octanol–water partition coefficient (Wildman–Crippen LogP) is 5.37. The monoisotopic (exact) mass is 658 g/mol. The molecule has 4 aromatic rings. The summed E-state index contributed by atoms with van der Waals surface area (Å²) in [7, 11) is 1.69. The minimum Gasteiger partial charge on any atom is -0.482 e. The van der Waals surface area contributed by atoms with Gasteiger partial charge < -0.3 is 34.3 Å². The number of esters is 1. The van der Waals surface area contributed by atoms with E-state index in [9.17, 15) is 9.59 Å². The lowest BCUT2D eigenvalue weighted by atomic mass is 10.1. The van der Waals surface area contributed by atoms with E-state index in [4.69, 9.17) is 24.9 Å². The fraction of sp³-hybridized carbons (Fsp3) is 0.514. The van der Waals surface area contributed by atoms with Crippen LogP contribution in [0.15, 0.2) is 48.5 Å². The lowest BCUT2D eigenvalue weighted by Crippen LogP contribution is -2.34. The molecule has 3 heterocycles. The number of nitrogen functional groups attached to an aromatic ring is 1. The topological polar surface area (TPSA) is 125 Å². The van der Waals surface area contributed by atoms with E-state index < -0.39 is 5.97 Å². The molecule has 0 bridgehead atoms. The van der Waals surface area contributed by atoms with Gasteiger partial charge in [0.15, 0.2) is 12.4 Å². The molecule has 48 heavy (non-hydrogen) atoms. The highest BCUT2D eigenvalue weighted by Gasteiger charge is 2.19. The normalized spacial score (nSPS) is 13.6. The van der Waals surface area contributed by atoms with Gasteiger partial charge in [-0.3, -0.25) is 4.79 Å². The second-order valence-corrected chi connectivity index (χ2v) is 12.4. The molecular formula is C37H50N6O5. The Balaban J connectivity index is 1.26. The van der Waals surface area contributed by atoms with Crippen LogP contribution < -0.4 is 10.5 Å². The maximum atomic E-state index is 13.6. The number of anilines is 1. The van der Waals surface area contributed by atoms with Crippen LogP contribution in [0.2, 0.25) is 0 Å². The van der Waals surface area contributed by atoms with Crippen LogP contribution in [0.1, 0.15) is 63.3 Å². The number of hydrogen-bond donors (Lipinski definition) is 1. The van der Waals surface area contributed by atoms with Crippen molar-refractivity contribution in [1.29, 1.82) is 0 Å². The fourth-order valence-electron chi connectivity index (χ4n) is 6.45. The van der Waals surface area contributed by atoms with Crippen LogP contribution in [-0.4, -0.2) is 89.3 Å². The van der Waals surface area contributed by atoms with Gasteiger partial charge in [0.25, 0.3) is 0 Å². The van der Waals surface area contributed by atoms with Crippen LogP contribution in [0.4, 0.5) is 5.82 Å². The lowest BCUT2D eigenvalue weighted by Gasteiger charge is -2.27. The smallest absolute Gasteiger partial charge is 0.344 e. The summed E-state index contributed by atoms with van der Waals surface area (Å²) in [5, 5.41) is 1.03. The highest BCUT2D eigenvalue weighted by molar-refractivity contribution is 6.06. The summed E-state index contributed by atoms with van der Waals surface area (Å²) in [5.74, 6) is 1.72. The summed E-state index contributed by atoms with van der Waals surface area (Å²) in [6.07, 6.45) is 7.56. The Morgan fingerprint density at radius 2 is 1.75 bits per heavy atom. The Bertz CT molecular complexity index is 1630. The number of aromatic nitrogens is 3. The quantitative estimate of drug-likeness (QED) is 0.111. The number of pyridine rings is 1. The number of benzene rings is 2. The highest BCUT2D eigenvalue weighted by atomic mass is 16.6. The van der Waals surface area contributed by atoms with Gasteiger partial charge in [-0.05, 0) is 82.4 Å². The van der Waals surface area contributed by atoms with E-state index >= 15 is 0 Å². The second-order valence-electron chi connectivity index (χ2n) is 12.4. The zero-order chi connectivity index (χ0) is 33.7. The van der Waals surface area contributed by atoms with Gasteiger partial charge in [-0.1, -0.05) is 36.8 Å². The predicted molar refractivity (Wildman–Crippen MR) is 188 cm³/mol. The van der Waals surface area contributed by atoms with Crippen molar-refractivity contribution in [2.75, 3.05) is 58.8 Å². The van der Waals surface area contributed by atoms with Crippen LogP contribution in [0.5, 0.6) is 5.75 Å². The Kier molecular flexibility index (Phi) is 13.0. The molecule has 1 amide bonds. The largest absolute Gasteiger partial charge is 0.482 e. The molecule has 1 aliphatic rings. The Hall–Kier alpha value is -4.22. The number of nitrogens with two attached hydrogens (primary N) is 1. The van der Waals surface area contributed by atoms with Gasteiger partial charge in [0.2, 0.25) is 5.91 Å². The third kappa shape index (κ3) is 9.44. The van der Waals surface area contributed by atoms with Crippen molar-refractivity contribution in [1.82, 2.24) is 24.3 Å².